The summed E-state index contributed by atoms with van der Waals surface area (Å²) in [6.07, 6.45) is -2.21. The first kappa shape index (κ1) is 25.4. The molecule has 0 atom stereocenters. The smallest absolute Gasteiger partial charge is 0.337 e. The number of para-hydroxylation sites is 4. The highest BCUT2D eigenvalue weighted by molar-refractivity contribution is 5.84. The Kier molecular flexibility index (Phi) is 8.50. The lowest BCUT2D eigenvalue weighted by atomic mass is 10.1. The Hall–Kier alpha value is -4.27. The Morgan fingerprint density at radius 2 is 1.31 bits per heavy atom. The van der Waals surface area contributed by atoms with Crippen molar-refractivity contribution in [3.63, 3.8) is 0 Å². The van der Waals surface area contributed by atoms with Crippen LogP contribution in [0, 0.1) is 0 Å². The summed E-state index contributed by atoms with van der Waals surface area (Å²) in [6, 6.07) is 20.4. The molecule has 0 fully saturated rings. The Labute approximate surface area is 200 Å². The number of aromatic nitrogens is 4. The van der Waals surface area contributed by atoms with E-state index in [1.807, 2.05) is 62.4 Å². The largest absolute Gasteiger partial charge is 0.416 e. The van der Waals surface area contributed by atoms with Crippen molar-refractivity contribution in [2.75, 3.05) is 0 Å². The molecule has 9 heteroatoms. The maximum Gasteiger partial charge on any atom is 0.416 e. The predicted octanol–water partition coefficient (Wildman–Crippen LogP) is 6.60. The average molecular weight is 480 g/mol. The van der Waals surface area contributed by atoms with Gasteiger partial charge in [0.2, 0.25) is 0 Å². The Bertz CT molecular complexity index is 1350. The molecule has 180 valence electrons. The van der Waals surface area contributed by atoms with Gasteiger partial charge in [0.25, 0.3) is 0 Å². The van der Waals surface area contributed by atoms with Crippen molar-refractivity contribution >= 4 is 34.6 Å². The maximum absolute atomic E-state index is 12.9. The molecule has 0 unspecified atom stereocenters. The quantitative estimate of drug-likeness (QED) is 0.225. The van der Waals surface area contributed by atoms with E-state index in [0.717, 1.165) is 28.1 Å². The number of carbonyl (C=O) groups excluding carboxylic acids is 1. The van der Waals surface area contributed by atoms with Crippen LogP contribution < -0.4 is 0 Å². The van der Waals surface area contributed by atoms with E-state index >= 15 is 0 Å². The number of fused-ring (bicyclic) bond motifs is 2. The molecule has 2 heterocycles. The fourth-order valence-corrected chi connectivity index (χ4v) is 3.23. The molecule has 0 amide bonds. The molecule has 0 saturated carbocycles. The number of nitrogens with one attached hydrogen (secondary N) is 2. The van der Waals surface area contributed by atoms with E-state index in [4.69, 9.17) is 0 Å². The topological polar surface area (TPSA) is 86.8 Å². The number of H-pyrrole nitrogens is 2. The van der Waals surface area contributed by atoms with Gasteiger partial charge in [0.1, 0.15) is 5.82 Å². The molecule has 6 nitrogen and oxygen atoms in total. The molecule has 0 bridgehead atoms. The highest BCUT2D eigenvalue weighted by Gasteiger charge is 2.32. The van der Waals surface area contributed by atoms with Crippen LogP contribution in [0.25, 0.3) is 22.1 Å². The minimum absolute atomic E-state index is 0.0489. The number of imidazole rings is 2. The van der Waals surface area contributed by atoms with Crippen LogP contribution in [0.1, 0.15) is 41.4 Å². The van der Waals surface area contributed by atoms with E-state index in [9.17, 15) is 18.0 Å². The Balaban J connectivity index is 0.000000220. The number of hydrogen-bond acceptors (Lipinski definition) is 4. The van der Waals surface area contributed by atoms with Gasteiger partial charge in [-0.3, -0.25) is 9.79 Å². The van der Waals surface area contributed by atoms with E-state index in [0.29, 0.717) is 17.9 Å². The number of benzene rings is 3. The summed E-state index contributed by atoms with van der Waals surface area (Å²) >= 11 is 0. The van der Waals surface area contributed by atoms with Crippen molar-refractivity contribution in [2.24, 2.45) is 4.99 Å². The lowest BCUT2D eigenvalue weighted by Gasteiger charge is -2.10. The summed E-state index contributed by atoms with van der Waals surface area (Å²) < 4.78 is 38.6. The molecule has 0 radical (unpaired) electrons. The van der Waals surface area contributed by atoms with E-state index in [1.165, 1.54) is 18.3 Å². The molecule has 5 rings (SSSR count). The molecule has 0 spiro atoms. The van der Waals surface area contributed by atoms with Crippen LogP contribution in [0.5, 0.6) is 0 Å². The minimum Gasteiger partial charge on any atom is -0.337 e. The van der Waals surface area contributed by atoms with Crippen molar-refractivity contribution in [3.8, 4) is 0 Å². The van der Waals surface area contributed by atoms with E-state index in [-0.39, 0.29) is 12.1 Å². The highest BCUT2D eigenvalue weighted by Crippen LogP contribution is 2.32. The van der Waals surface area contributed by atoms with Crippen LogP contribution in [-0.2, 0) is 12.7 Å². The zero-order valence-electron chi connectivity index (χ0n) is 19.2. The summed E-state index contributed by atoms with van der Waals surface area (Å²) in [6.45, 7) is 3.95. The van der Waals surface area contributed by atoms with Crippen molar-refractivity contribution in [1.29, 1.82) is 0 Å². The molecule has 0 aliphatic rings. The van der Waals surface area contributed by atoms with Gasteiger partial charge in [-0.15, -0.1) is 0 Å². The minimum atomic E-state index is -4.37. The normalized spacial score (nSPS) is 11.1. The van der Waals surface area contributed by atoms with Crippen LogP contribution in [0.2, 0.25) is 0 Å². The third-order valence-corrected chi connectivity index (χ3v) is 4.72. The zero-order chi connectivity index (χ0) is 25.3. The van der Waals surface area contributed by atoms with Crippen molar-refractivity contribution in [3.05, 3.63) is 95.6 Å². The first-order valence-corrected chi connectivity index (χ1v) is 10.9. The monoisotopic (exact) mass is 479 g/mol. The van der Waals surface area contributed by atoms with Crippen LogP contribution in [0.3, 0.4) is 0 Å². The highest BCUT2D eigenvalue weighted by atomic mass is 19.4. The van der Waals surface area contributed by atoms with E-state index < -0.39 is 11.7 Å². The van der Waals surface area contributed by atoms with Gasteiger partial charge in [-0.25, -0.2) is 9.97 Å². The lowest BCUT2D eigenvalue weighted by molar-refractivity contribution is -0.138. The molecular formula is C26H24F3N5O. The van der Waals surface area contributed by atoms with E-state index in [2.05, 4.69) is 24.9 Å². The standard InChI is InChI=1S/C16H12F3N3.C8H6N2O.C2H6/c17-16(18,19)12-6-2-1-5-11(12)9-20-10-15-21-13-7-3-4-8-14(13)22-15;11-5-8-9-6-3-1-2-4-7(6)10-8;1-2/h1-8,10H,9H2,(H,21,22);1-5H,(H,9,10);1-2H3. The number of aromatic amines is 2. The van der Waals surface area contributed by atoms with Crippen molar-refractivity contribution in [1.82, 2.24) is 19.9 Å². The predicted molar refractivity (Wildman–Crippen MR) is 132 cm³/mol. The van der Waals surface area contributed by atoms with Crippen molar-refractivity contribution < 1.29 is 18.0 Å². The second-order valence-corrected chi connectivity index (χ2v) is 7.02. The third-order valence-electron chi connectivity index (χ3n) is 4.72. The number of rotatable bonds is 4. The van der Waals surface area contributed by atoms with Gasteiger partial charge in [-0.2, -0.15) is 13.2 Å². The molecule has 5 aromatic rings. The summed E-state index contributed by atoms with van der Waals surface area (Å²) in [5.41, 5.74) is 2.86. The summed E-state index contributed by atoms with van der Waals surface area (Å²) in [7, 11) is 0. The fraction of sp³-hybridized carbons (Fsp3) is 0.154. The molecule has 2 aromatic heterocycles. The number of hydrogen-bond donors (Lipinski definition) is 2. The van der Waals surface area contributed by atoms with Gasteiger partial charge < -0.3 is 9.97 Å². The number of carbonyl (C=O) groups is 1. The summed E-state index contributed by atoms with van der Waals surface area (Å²) in [4.78, 5) is 28.6. The first-order valence-electron chi connectivity index (χ1n) is 10.9. The third kappa shape index (κ3) is 6.63. The van der Waals surface area contributed by atoms with Gasteiger partial charge in [0.05, 0.1) is 40.4 Å². The number of halogens is 3. The maximum atomic E-state index is 12.9. The Morgan fingerprint density at radius 3 is 1.89 bits per heavy atom. The number of aliphatic imine (C=N–C) groups is 1. The van der Waals surface area contributed by atoms with Crippen LogP contribution >= 0.6 is 0 Å². The fourth-order valence-electron chi connectivity index (χ4n) is 3.23. The zero-order valence-corrected chi connectivity index (χ0v) is 19.2. The molecule has 35 heavy (non-hydrogen) atoms. The van der Waals surface area contributed by atoms with Gasteiger partial charge in [-0.05, 0) is 35.9 Å². The molecule has 0 aliphatic heterocycles. The van der Waals surface area contributed by atoms with Gasteiger partial charge in [-0.1, -0.05) is 56.3 Å². The van der Waals surface area contributed by atoms with Crippen molar-refractivity contribution in [2.45, 2.75) is 26.6 Å². The second-order valence-electron chi connectivity index (χ2n) is 7.02. The lowest BCUT2D eigenvalue weighted by Crippen LogP contribution is -2.08. The van der Waals surface area contributed by atoms with Gasteiger partial charge in [0, 0.05) is 0 Å². The number of aldehydes is 1. The van der Waals surface area contributed by atoms with Gasteiger partial charge in [0.15, 0.2) is 12.1 Å². The Morgan fingerprint density at radius 1 is 0.800 bits per heavy atom. The van der Waals surface area contributed by atoms with Gasteiger partial charge >= 0.3 is 6.18 Å². The van der Waals surface area contributed by atoms with Crippen LogP contribution in [-0.4, -0.2) is 32.4 Å². The molecule has 0 aliphatic carbocycles. The van der Waals surface area contributed by atoms with Crippen LogP contribution in [0.15, 0.2) is 77.8 Å². The molecule has 2 N–H and O–H groups in total. The second kappa shape index (κ2) is 11.7. The molecule has 0 saturated heterocycles. The number of nitrogens with zero attached hydrogens (tertiary/aromatic N) is 3. The first-order chi connectivity index (χ1) is 16.9. The van der Waals surface area contributed by atoms with E-state index in [1.54, 1.807) is 6.07 Å². The molecule has 3 aromatic carbocycles. The summed E-state index contributed by atoms with van der Waals surface area (Å²) in [5.74, 6) is 0.900. The summed E-state index contributed by atoms with van der Waals surface area (Å²) in [5, 5.41) is 0. The van der Waals surface area contributed by atoms with Crippen LogP contribution in [0.4, 0.5) is 13.2 Å². The molecular weight excluding hydrogens is 455 g/mol. The SMILES string of the molecule is CC.FC(F)(F)c1ccccc1CN=Cc1nc2ccccc2[nH]1.O=Cc1nc2ccccc2[nH]1. The number of alkyl halides is 3. The average Bonchev–Trinajstić information content (AvgIpc) is 3.49.